The molecule has 0 radical (unpaired) electrons. The van der Waals surface area contributed by atoms with Gasteiger partial charge in [0.25, 0.3) is 11.7 Å². The first-order valence-corrected chi connectivity index (χ1v) is 11.8. The fraction of sp³-hybridized carbons (Fsp3) is 0.385. The zero-order valence-electron chi connectivity index (χ0n) is 19.4. The summed E-state index contributed by atoms with van der Waals surface area (Å²) < 4.78 is 11.1. The topological polar surface area (TPSA) is 79.3 Å². The molecule has 0 spiro atoms. The zero-order chi connectivity index (χ0) is 24.2. The molecular formula is C26H29ClN2O5. The molecule has 0 aromatic heterocycles. The summed E-state index contributed by atoms with van der Waals surface area (Å²) in [7, 11) is 0. The SMILES string of the molecule is CC(C)Oc1ccc(C(O)=C2C(=O)C(=O)N(CCN3CCOCC3)[C@@H]2c2ccc(Cl)cc2)cc1. The van der Waals surface area contributed by atoms with Crippen molar-refractivity contribution in [3.8, 4) is 5.75 Å². The molecule has 2 aliphatic rings. The van der Waals surface area contributed by atoms with Crippen LogP contribution in [0.3, 0.4) is 0 Å². The maximum Gasteiger partial charge on any atom is 0.295 e. The minimum absolute atomic E-state index is 0.0149. The first kappa shape index (κ1) is 24.3. The summed E-state index contributed by atoms with van der Waals surface area (Å²) >= 11 is 6.08. The number of benzene rings is 2. The quantitative estimate of drug-likeness (QED) is 0.365. The van der Waals surface area contributed by atoms with Crippen molar-refractivity contribution in [3.63, 3.8) is 0 Å². The van der Waals surface area contributed by atoms with Crippen LogP contribution in [0.15, 0.2) is 54.1 Å². The van der Waals surface area contributed by atoms with Gasteiger partial charge >= 0.3 is 0 Å². The second kappa shape index (κ2) is 10.6. The number of rotatable bonds is 7. The van der Waals surface area contributed by atoms with Crippen LogP contribution < -0.4 is 4.74 Å². The summed E-state index contributed by atoms with van der Waals surface area (Å²) in [6.45, 7) is 7.68. The third-order valence-electron chi connectivity index (χ3n) is 5.99. The highest BCUT2D eigenvalue weighted by atomic mass is 35.5. The van der Waals surface area contributed by atoms with E-state index in [9.17, 15) is 14.7 Å². The minimum Gasteiger partial charge on any atom is -0.507 e. The number of ketones is 1. The van der Waals surface area contributed by atoms with Crippen molar-refractivity contribution >= 4 is 29.1 Å². The van der Waals surface area contributed by atoms with Gasteiger partial charge in [0.15, 0.2) is 0 Å². The highest BCUT2D eigenvalue weighted by Gasteiger charge is 2.46. The molecule has 180 valence electrons. The Morgan fingerprint density at radius 3 is 2.32 bits per heavy atom. The second-order valence-electron chi connectivity index (χ2n) is 8.69. The summed E-state index contributed by atoms with van der Waals surface area (Å²) in [6.07, 6.45) is 0.0149. The highest BCUT2D eigenvalue weighted by Crippen LogP contribution is 2.39. The van der Waals surface area contributed by atoms with Crippen LogP contribution in [-0.2, 0) is 14.3 Å². The number of likely N-dealkylation sites (tertiary alicyclic amines) is 1. The molecule has 34 heavy (non-hydrogen) atoms. The number of carbonyl (C=O) groups is 2. The van der Waals surface area contributed by atoms with Crippen LogP contribution in [0.5, 0.6) is 5.75 Å². The molecule has 1 atom stereocenters. The number of aliphatic hydroxyl groups is 1. The van der Waals surface area contributed by atoms with Crippen LogP contribution in [0.2, 0.25) is 5.02 Å². The fourth-order valence-corrected chi connectivity index (χ4v) is 4.42. The average molecular weight is 485 g/mol. The third kappa shape index (κ3) is 5.27. The van der Waals surface area contributed by atoms with Crippen LogP contribution in [-0.4, -0.2) is 72.1 Å². The van der Waals surface area contributed by atoms with Crippen LogP contribution in [0.1, 0.15) is 31.0 Å². The van der Waals surface area contributed by atoms with Crippen molar-refractivity contribution < 1.29 is 24.2 Å². The van der Waals surface area contributed by atoms with Gasteiger partial charge in [-0.2, -0.15) is 0 Å². The van der Waals surface area contributed by atoms with Crippen LogP contribution >= 0.6 is 11.6 Å². The summed E-state index contributed by atoms with van der Waals surface area (Å²) in [4.78, 5) is 30.0. The van der Waals surface area contributed by atoms with Crippen LogP contribution in [0.25, 0.3) is 5.76 Å². The second-order valence-corrected chi connectivity index (χ2v) is 9.13. The summed E-state index contributed by atoms with van der Waals surface area (Å²) in [5.41, 5.74) is 1.24. The summed E-state index contributed by atoms with van der Waals surface area (Å²) in [5.74, 6) is -0.855. The predicted octanol–water partition coefficient (Wildman–Crippen LogP) is 3.88. The number of hydrogen-bond donors (Lipinski definition) is 1. The Hall–Kier alpha value is -2.87. The summed E-state index contributed by atoms with van der Waals surface area (Å²) in [6, 6.07) is 13.2. The molecule has 0 saturated carbocycles. The molecule has 2 fully saturated rings. The van der Waals surface area contributed by atoms with E-state index in [4.69, 9.17) is 21.1 Å². The Balaban J connectivity index is 1.69. The Morgan fingerprint density at radius 2 is 1.71 bits per heavy atom. The largest absolute Gasteiger partial charge is 0.507 e. The van der Waals surface area contributed by atoms with Gasteiger partial charge in [0.05, 0.1) is 30.9 Å². The molecule has 2 aromatic carbocycles. The van der Waals surface area contributed by atoms with Gasteiger partial charge in [0.1, 0.15) is 11.5 Å². The number of Topliss-reactive ketones (excluding diaryl/α,β-unsaturated/α-hetero) is 1. The standard InChI is InChI=1S/C26H29ClN2O5/c1-17(2)34-21-9-5-19(6-10-21)24(30)22-23(18-3-7-20(27)8-4-18)29(26(32)25(22)31)12-11-28-13-15-33-16-14-28/h3-10,17,23,30H,11-16H2,1-2H3/t23-/m1/s1. The van der Waals surface area contributed by atoms with Gasteiger partial charge in [-0.3, -0.25) is 14.5 Å². The lowest BCUT2D eigenvalue weighted by molar-refractivity contribution is -0.140. The van der Waals surface area contributed by atoms with Gasteiger partial charge in [-0.1, -0.05) is 23.7 Å². The molecule has 0 unspecified atom stereocenters. The number of ether oxygens (including phenoxy) is 2. The molecule has 1 amide bonds. The highest BCUT2D eigenvalue weighted by molar-refractivity contribution is 6.46. The Morgan fingerprint density at radius 1 is 1.06 bits per heavy atom. The van der Waals surface area contributed by atoms with E-state index in [-0.39, 0.29) is 17.4 Å². The predicted molar refractivity (Wildman–Crippen MR) is 130 cm³/mol. The molecule has 1 N–H and O–H groups in total. The van der Waals surface area contributed by atoms with E-state index in [1.807, 2.05) is 13.8 Å². The van der Waals surface area contributed by atoms with Crippen molar-refractivity contribution in [1.82, 2.24) is 9.80 Å². The van der Waals surface area contributed by atoms with Crippen molar-refractivity contribution in [1.29, 1.82) is 0 Å². The van der Waals surface area contributed by atoms with Gasteiger partial charge in [-0.15, -0.1) is 0 Å². The maximum absolute atomic E-state index is 13.2. The molecule has 2 heterocycles. The zero-order valence-corrected chi connectivity index (χ0v) is 20.1. The van der Waals surface area contributed by atoms with Gasteiger partial charge in [-0.25, -0.2) is 0 Å². The molecule has 7 nitrogen and oxygen atoms in total. The summed E-state index contributed by atoms with van der Waals surface area (Å²) in [5, 5.41) is 11.7. The number of carbonyl (C=O) groups excluding carboxylic acids is 2. The van der Waals surface area contributed by atoms with Crippen LogP contribution in [0, 0.1) is 0 Å². The lowest BCUT2D eigenvalue weighted by Gasteiger charge is -2.31. The first-order valence-electron chi connectivity index (χ1n) is 11.5. The molecule has 8 heteroatoms. The molecule has 0 bridgehead atoms. The first-order chi connectivity index (χ1) is 16.3. The van der Waals surface area contributed by atoms with Crippen molar-refractivity contribution in [2.75, 3.05) is 39.4 Å². The average Bonchev–Trinajstić information content (AvgIpc) is 3.08. The van der Waals surface area contributed by atoms with E-state index in [1.165, 1.54) is 0 Å². The van der Waals surface area contributed by atoms with Gasteiger partial charge < -0.3 is 19.5 Å². The number of halogens is 1. The monoisotopic (exact) mass is 484 g/mol. The lowest BCUT2D eigenvalue weighted by atomic mass is 9.95. The Kier molecular flexibility index (Phi) is 7.56. The van der Waals surface area contributed by atoms with Gasteiger partial charge in [0, 0.05) is 36.8 Å². The van der Waals surface area contributed by atoms with Gasteiger partial charge in [0.2, 0.25) is 0 Å². The van der Waals surface area contributed by atoms with Crippen molar-refractivity contribution in [2.45, 2.75) is 26.0 Å². The van der Waals surface area contributed by atoms with Crippen molar-refractivity contribution in [2.24, 2.45) is 0 Å². The number of hydrogen-bond acceptors (Lipinski definition) is 6. The van der Waals surface area contributed by atoms with E-state index < -0.39 is 17.7 Å². The van der Waals surface area contributed by atoms with Crippen LogP contribution in [0.4, 0.5) is 0 Å². The fourth-order valence-electron chi connectivity index (χ4n) is 4.30. The molecule has 2 aromatic rings. The Labute approximate surface area is 204 Å². The molecule has 2 saturated heterocycles. The Bertz CT molecular complexity index is 1060. The maximum atomic E-state index is 13.2. The lowest BCUT2D eigenvalue weighted by Crippen LogP contribution is -2.42. The number of nitrogens with zero attached hydrogens (tertiary/aromatic N) is 2. The van der Waals surface area contributed by atoms with E-state index in [1.54, 1.807) is 53.4 Å². The molecule has 4 rings (SSSR count). The minimum atomic E-state index is -0.704. The molecule has 2 aliphatic heterocycles. The van der Waals surface area contributed by atoms with Crippen molar-refractivity contribution in [3.05, 3.63) is 70.3 Å². The number of morpholine rings is 1. The molecular weight excluding hydrogens is 456 g/mol. The number of amides is 1. The normalized spacial score (nSPS) is 20.8. The number of aliphatic hydroxyl groups excluding tert-OH is 1. The smallest absolute Gasteiger partial charge is 0.295 e. The van der Waals surface area contributed by atoms with E-state index in [0.717, 1.165) is 13.1 Å². The van der Waals surface area contributed by atoms with E-state index in [2.05, 4.69) is 4.90 Å². The third-order valence-corrected chi connectivity index (χ3v) is 6.24. The van der Waals surface area contributed by atoms with E-state index >= 15 is 0 Å². The van der Waals surface area contributed by atoms with E-state index in [0.29, 0.717) is 48.2 Å². The van der Waals surface area contributed by atoms with Gasteiger partial charge in [-0.05, 0) is 55.8 Å². The molecule has 0 aliphatic carbocycles.